The van der Waals surface area contributed by atoms with E-state index >= 15 is 0 Å². The minimum atomic E-state index is -0.824. The maximum absolute atomic E-state index is 13.4. The van der Waals surface area contributed by atoms with Gasteiger partial charge in [-0.15, -0.1) is 5.10 Å². The van der Waals surface area contributed by atoms with Crippen molar-refractivity contribution in [3.05, 3.63) is 94.3 Å². The van der Waals surface area contributed by atoms with Gasteiger partial charge in [-0.05, 0) is 42.0 Å². The molecule has 10 nitrogen and oxygen atoms in total. The predicted octanol–water partition coefficient (Wildman–Crippen LogP) is 3.71. The highest BCUT2D eigenvalue weighted by Gasteiger charge is 2.33. The molecule has 1 atom stereocenters. The summed E-state index contributed by atoms with van der Waals surface area (Å²) in [7, 11) is 1.25. The van der Waals surface area contributed by atoms with Crippen molar-refractivity contribution in [1.82, 2.24) is 30.6 Å². The molecule has 12 heteroatoms. The van der Waals surface area contributed by atoms with Gasteiger partial charge in [-0.3, -0.25) is 4.98 Å². The quantitative estimate of drug-likeness (QED) is 0.317. The van der Waals surface area contributed by atoms with Crippen molar-refractivity contribution in [2.45, 2.75) is 19.1 Å². The summed E-state index contributed by atoms with van der Waals surface area (Å²) in [5.74, 6) is -1.07. The molecule has 0 bridgehead atoms. The minimum absolute atomic E-state index is 0.0548. The molecule has 0 aliphatic carbocycles. The van der Waals surface area contributed by atoms with Crippen LogP contribution < -0.4 is 16.0 Å². The van der Waals surface area contributed by atoms with Crippen molar-refractivity contribution in [1.29, 1.82) is 0 Å². The fourth-order valence-corrected chi connectivity index (χ4v) is 4.29. The van der Waals surface area contributed by atoms with E-state index in [0.29, 0.717) is 28.5 Å². The van der Waals surface area contributed by atoms with Gasteiger partial charge in [0.05, 0.1) is 49.2 Å². The first kappa shape index (κ1) is 24.2. The Morgan fingerprint density at radius 3 is 2.81 bits per heavy atom. The number of hydrogen-bond acceptors (Lipinski definition) is 7. The lowest BCUT2D eigenvalue weighted by molar-refractivity contribution is -0.136. The highest BCUT2D eigenvalue weighted by Crippen LogP contribution is 2.29. The average molecular weight is 522 g/mol. The Bertz CT molecular complexity index is 1520. The number of nitrogens with zero attached hydrogens (tertiary/aromatic N) is 4. The average Bonchev–Trinajstić information content (AvgIpc) is 3.34. The Kier molecular flexibility index (Phi) is 6.69. The van der Waals surface area contributed by atoms with E-state index in [1.165, 1.54) is 36.1 Å². The Morgan fingerprint density at radius 2 is 2.03 bits per heavy atom. The second-order valence-electron chi connectivity index (χ2n) is 8.25. The molecule has 0 saturated heterocycles. The number of nitrogens with one attached hydrogen (secondary N) is 3. The third-order valence-electron chi connectivity index (χ3n) is 5.83. The zero-order valence-corrected chi connectivity index (χ0v) is 20.3. The number of carbonyl (C=O) groups is 2. The number of fused-ring (bicyclic) bond motifs is 1. The smallest absolute Gasteiger partial charge is 0.338 e. The van der Waals surface area contributed by atoms with Gasteiger partial charge in [0.15, 0.2) is 0 Å². The first-order valence-electron chi connectivity index (χ1n) is 11.2. The van der Waals surface area contributed by atoms with Crippen LogP contribution in [0.3, 0.4) is 0 Å². The third kappa shape index (κ3) is 5.21. The number of rotatable bonds is 7. The monoisotopic (exact) mass is 521 g/mol. The lowest BCUT2D eigenvalue weighted by Crippen LogP contribution is -2.46. The van der Waals surface area contributed by atoms with Crippen LogP contribution in [0.15, 0.2) is 72.2 Å². The van der Waals surface area contributed by atoms with Crippen LogP contribution in [0.1, 0.15) is 17.3 Å². The van der Waals surface area contributed by atoms with Crippen molar-refractivity contribution < 1.29 is 18.7 Å². The van der Waals surface area contributed by atoms with Gasteiger partial charge in [0, 0.05) is 22.3 Å². The molecule has 1 aliphatic heterocycles. The Morgan fingerprint density at radius 1 is 1.22 bits per heavy atom. The van der Waals surface area contributed by atoms with E-state index in [9.17, 15) is 14.0 Å². The van der Waals surface area contributed by atoms with Gasteiger partial charge in [0.1, 0.15) is 11.5 Å². The van der Waals surface area contributed by atoms with Crippen LogP contribution in [0.4, 0.5) is 14.9 Å². The number of anilines is 1. The molecule has 1 unspecified atom stereocenters. The maximum atomic E-state index is 13.4. The van der Waals surface area contributed by atoms with Gasteiger partial charge in [-0.2, -0.15) is 0 Å². The van der Waals surface area contributed by atoms with Crippen LogP contribution in [0.2, 0.25) is 5.02 Å². The number of allylic oxidation sites excluding steroid dienone is 1. The number of benzene rings is 2. The summed E-state index contributed by atoms with van der Waals surface area (Å²) < 4.78 is 19.9. The van der Waals surface area contributed by atoms with Crippen molar-refractivity contribution in [2.75, 3.05) is 12.4 Å². The molecule has 2 aromatic heterocycles. The first-order chi connectivity index (χ1) is 17.9. The van der Waals surface area contributed by atoms with Gasteiger partial charge >= 0.3 is 12.0 Å². The standard InChI is InChI=1S/C25H21ClFN7O3/c1-37-24(35)22-21(30-25(36)31-23(22)14-2-5-16(27)6-3-14)13-34-12-17(32-33-34)11-29-19-8-9-28-20-10-15(26)4-7-18(19)20/h2-10,12,23H,11,13H2,1H3,(H,28,29)(H2,30,31,36). The fraction of sp³-hybridized carbons (Fsp3) is 0.160. The number of esters is 1. The molecule has 0 radical (unpaired) electrons. The summed E-state index contributed by atoms with van der Waals surface area (Å²) in [4.78, 5) is 29.5. The van der Waals surface area contributed by atoms with Gasteiger partial charge in [-0.25, -0.2) is 18.7 Å². The van der Waals surface area contributed by atoms with Crippen molar-refractivity contribution in [3.8, 4) is 0 Å². The summed E-state index contributed by atoms with van der Waals surface area (Å²) in [5, 5.41) is 18.5. The molecule has 2 amide bonds. The Hall–Kier alpha value is -4.51. The van der Waals surface area contributed by atoms with E-state index < -0.39 is 23.9 Å². The van der Waals surface area contributed by atoms with E-state index in [0.717, 1.165) is 16.6 Å². The number of hydrogen-bond donors (Lipinski definition) is 3. The van der Waals surface area contributed by atoms with Gasteiger partial charge < -0.3 is 20.7 Å². The number of pyridine rings is 1. The van der Waals surface area contributed by atoms with Gasteiger partial charge in [0.25, 0.3) is 0 Å². The molecule has 3 heterocycles. The molecule has 3 N–H and O–H groups in total. The number of amides is 2. The summed E-state index contributed by atoms with van der Waals surface area (Å²) in [6.45, 7) is 0.427. The molecule has 0 spiro atoms. The van der Waals surface area contributed by atoms with Crippen molar-refractivity contribution >= 4 is 40.2 Å². The highest BCUT2D eigenvalue weighted by molar-refractivity contribution is 6.31. The molecular weight excluding hydrogens is 501 g/mol. The van der Waals surface area contributed by atoms with E-state index in [4.69, 9.17) is 16.3 Å². The summed E-state index contributed by atoms with van der Waals surface area (Å²) in [5.41, 5.74) is 3.27. The molecule has 0 fully saturated rings. The number of carbonyl (C=O) groups excluding carboxylic acids is 2. The van der Waals surface area contributed by atoms with Crippen LogP contribution >= 0.6 is 11.6 Å². The Labute approximate surface area is 215 Å². The van der Waals surface area contributed by atoms with E-state index in [2.05, 4.69) is 31.2 Å². The molecule has 5 rings (SSSR count). The molecule has 1 aliphatic rings. The number of halogens is 2. The van der Waals surface area contributed by atoms with Crippen LogP contribution in [0.5, 0.6) is 0 Å². The minimum Gasteiger partial charge on any atom is -0.466 e. The van der Waals surface area contributed by atoms with Crippen LogP contribution in [-0.4, -0.2) is 39.1 Å². The second-order valence-corrected chi connectivity index (χ2v) is 8.68. The summed E-state index contributed by atoms with van der Waals surface area (Å²) in [6.07, 6.45) is 3.40. The predicted molar refractivity (Wildman–Crippen MR) is 134 cm³/mol. The van der Waals surface area contributed by atoms with Gasteiger partial charge in [0.2, 0.25) is 0 Å². The molecule has 2 aromatic carbocycles. The highest BCUT2D eigenvalue weighted by atomic mass is 35.5. The molecule has 37 heavy (non-hydrogen) atoms. The zero-order chi connectivity index (χ0) is 25.9. The SMILES string of the molecule is COC(=O)C1=C(Cn2cc(CNc3ccnc4cc(Cl)ccc34)nn2)NC(=O)NC1c1ccc(F)cc1. The zero-order valence-electron chi connectivity index (χ0n) is 19.5. The number of aromatic nitrogens is 4. The van der Waals surface area contributed by atoms with E-state index in [1.54, 1.807) is 24.5 Å². The fourth-order valence-electron chi connectivity index (χ4n) is 4.12. The van der Waals surface area contributed by atoms with Crippen molar-refractivity contribution in [3.63, 3.8) is 0 Å². The topological polar surface area (TPSA) is 123 Å². The van der Waals surface area contributed by atoms with Crippen LogP contribution in [-0.2, 0) is 22.6 Å². The van der Waals surface area contributed by atoms with E-state index in [-0.39, 0.29) is 12.1 Å². The maximum Gasteiger partial charge on any atom is 0.338 e. The first-order valence-corrected chi connectivity index (χ1v) is 11.6. The number of urea groups is 1. The van der Waals surface area contributed by atoms with Crippen molar-refractivity contribution in [2.24, 2.45) is 0 Å². The normalized spacial score (nSPS) is 15.3. The molecular formula is C25H21ClFN7O3. The lowest BCUT2D eigenvalue weighted by Gasteiger charge is -2.29. The second kappa shape index (κ2) is 10.2. The Balaban J connectivity index is 1.37. The lowest BCUT2D eigenvalue weighted by atomic mass is 9.95. The third-order valence-corrected chi connectivity index (χ3v) is 6.07. The molecule has 4 aromatic rings. The summed E-state index contributed by atoms with van der Waals surface area (Å²) in [6, 6.07) is 11.5. The number of ether oxygens (including phenoxy) is 1. The largest absolute Gasteiger partial charge is 0.466 e. The van der Waals surface area contributed by atoms with Crippen LogP contribution in [0.25, 0.3) is 10.9 Å². The number of methoxy groups -OCH3 is 1. The van der Waals surface area contributed by atoms with E-state index in [1.807, 2.05) is 12.1 Å². The van der Waals surface area contributed by atoms with Gasteiger partial charge in [-0.1, -0.05) is 28.9 Å². The molecule has 0 saturated carbocycles. The molecule has 188 valence electrons. The van der Waals surface area contributed by atoms with Crippen LogP contribution in [0, 0.1) is 5.82 Å². The summed E-state index contributed by atoms with van der Waals surface area (Å²) >= 11 is 6.07.